The molecule has 1 atom stereocenters. The fourth-order valence-electron chi connectivity index (χ4n) is 2.23. The number of aliphatic carboxylic acids is 1. The van der Waals surface area contributed by atoms with Crippen LogP contribution in [0, 0.1) is 0 Å². The average Bonchev–Trinajstić information content (AvgIpc) is 2.62. The molecule has 3 aromatic rings. The van der Waals surface area contributed by atoms with Crippen LogP contribution in [0.2, 0.25) is 0 Å². The fourth-order valence-corrected chi connectivity index (χ4v) is 2.23. The molecule has 0 bridgehead atoms. The van der Waals surface area contributed by atoms with E-state index in [9.17, 15) is 9.90 Å². The lowest BCUT2D eigenvalue weighted by atomic mass is 10.1. The Labute approximate surface area is 139 Å². The summed E-state index contributed by atoms with van der Waals surface area (Å²) >= 11 is 0. The number of carboxylic acids is 1. The molecule has 4 heteroatoms. The van der Waals surface area contributed by atoms with E-state index in [4.69, 9.17) is 9.47 Å². The molecule has 0 spiro atoms. The number of hydrogen-bond donors (Lipinski definition) is 1. The standard InChI is InChI=1S/C20H16O4/c21-20(22)19(24-17-9-5-2-6-10-17)15-11-13-18(14-12-15)23-16-7-3-1-4-8-16/h1-14,19H,(H,21,22). The van der Waals surface area contributed by atoms with Gasteiger partial charge in [-0.05, 0) is 36.4 Å². The predicted octanol–water partition coefficient (Wildman–Crippen LogP) is 4.68. The topological polar surface area (TPSA) is 55.8 Å². The van der Waals surface area contributed by atoms with E-state index in [0.29, 0.717) is 17.1 Å². The molecule has 0 saturated carbocycles. The van der Waals surface area contributed by atoms with Crippen LogP contribution in [0.3, 0.4) is 0 Å². The van der Waals surface area contributed by atoms with Gasteiger partial charge in [-0.3, -0.25) is 0 Å². The van der Waals surface area contributed by atoms with Crippen LogP contribution in [0.5, 0.6) is 17.2 Å². The van der Waals surface area contributed by atoms with E-state index >= 15 is 0 Å². The van der Waals surface area contributed by atoms with E-state index < -0.39 is 12.1 Å². The van der Waals surface area contributed by atoms with Crippen molar-refractivity contribution in [3.63, 3.8) is 0 Å². The molecule has 0 saturated heterocycles. The highest BCUT2D eigenvalue weighted by molar-refractivity contribution is 5.75. The van der Waals surface area contributed by atoms with Crippen molar-refractivity contribution in [2.24, 2.45) is 0 Å². The van der Waals surface area contributed by atoms with Crippen molar-refractivity contribution in [1.29, 1.82) is 0 Å². The smallest absolute Gasteiger partial charge is 0.349 e. The van der Waals surface area contributed by atoms with E-state index in [1.54, 1.807) is 48.5 Å². The van der Waals surface area contributed by atoms with Crippen LogP contribution in [0.4, 0.5) is 0 Å². The van der Waals surface area contributed by atoms with Crippen LogP contribution < -0.4 is 9.47 Å². The van der Waals surface area contributed by atoms with Gasteiger partial charge < -0.3 is 14.6 Å². The Hall–Kier alpha value is -3.27. The number of carboxylic acid groups (broad SMARTS) is 1. The Morgan fingerprint density at radius 3 is 1.75 bits per heavy atom. The highest BCUT2D eigenvalue weighted by Crippen LogP contribution is 2.26. The lowest BCUT2D eigenvalue weighted by Gasteiger charge is -2.16. The summed E-state index contributed by atoms with van der Waals surface area (Å²) in [5.41, 5.74) is 0.548. The lowest BCUT2D eigenvalue weighted by Crippen LogP contribution is -2.18. The number of para-hydroxylation sites is 2. The van der Waals surface area contributed by atoms with Crippen molar-refractivity contribution in [3.05, 3.63) is 90.5 Å². The van der Waals surface area contributed by atoms with Gasteiger partial charge in [0.15, 0.2) is 0 Å². The second kappa shape index (κ2) is 7.33. The molecule has 1 unspecified atom stereocenters. The molecule has 3 aromatic carbocycles. The number of rotatable bonds is 6. The molecule has 0 aliphatic rings. The summed E-state index contributed by atoms with van der Waals surface area (Å²) in [6.45, 7) is 0. The molecule has 0 radical (unpaired) electrons. The van der Waals surface area contributed by atoms with E-state index in [1.165, 1.54) is 0 Å². The number of ether oxygens (including phenoxy) is 2. The van der Waals surface area contributed by atoms with Gasteiger partial charge in [-0.1, -0.05) is 48.5 Å². The van der Waals surface area contributed by atoms with Crippen LogP contribution in [-0.4, -0.2) is 11.1 Å². The normalized spacial score (nSPS) is 11.5. The minimum atomic E-state index is -1.07. The van der Waals surface area contributed by atoms with E-state index in [-0.39, 0.29) is 0 Å². The monoisotopic (exact) mass is 320 g/mol. The first-order valence-electron chi connectivity index (χ1n) is 7.50. The minimum absolute atomic E-state index is 0.509. The van der Waals surface area contributed by atoms with Gasteiger partial charge in [0.2, 0.25) is 6.10 Å². The van der Waals surface area contributed by atoms with Gasteiger partial charge in [0, 0.05) is 5.56 Å². The van der Waals surface area contributed by atoms with Crippen molar-refractivity contribution in [2.75, 3.05) is 0 Å². The molecule has 0 aromatic heterocycles. The summed E-state index contributed by atoms with van der Waals surface area (Å²) < 4.78 is 11.3. The molecule has 1 N–H and O–H groups in total. The van der Waals surface area contributed by atoms with Crippen molar-refractivity contribution in [1.82, 2.24) is 0 Å². The number of benzene rings is 3. The van der Waals surface area contributed by atoms with E-state index in [0.717, 1.165) is 5.75 Å². The Balaban J connectivity index is 1.75. The van der Waals surface area contributed by atoms with Gasteiger partial charge in [-0.2, -0.15) is 0 Å². The van der Waals surface area contributed by atoms with Gasteiger partial charge in [0.1, 0.15) is 17.2 Å². The van der Waals surface area contributed by atoms with Gasteiger partial charge in [-0.25, -0.2) is 4.79 Å². The molecule has 0 heterocycles. The number of hydrogen-bond acceptors (Lipinski definition) is 3. The highest BCUT2D eigenvalue weighted by atomic mass is 16.5. The molecule has 120 valence electrons. The molecule has 0 fully saturated rings. The van der Waals surface area contributed by atoms with Crippen molar-refractivity contribution in [2.45, 2.75) is 6.10 Å². The fraction of sp³-hybridized carbons (Fsp3) is 0.0500. The molecular formula is C20H16O4. The summed E-state index contributed by atoms with van der Waals surface area (Å²) in [5.74, 6) is 0.819. The largest absolute Gasteiger partial charge is 0.478 e. The van der Waals surface area contributed by atoms with Gasteiger partial charge in [0.05, 0.1) is 0 Å². The third-order valence-electron chi connectivity index (χ3n) is 3.38. The van der Waals surface area contributed by atoms with Crippen LogP contribution >= 0.6 is 0 Å². The summed E-state index contributed by atoms with van der Waals surface area (Å²) in [4.78, 5) is 11.5. The molecule has 3 rings (SSSR count). The molecular weight excluding hydrogens is 304 g/mol. The second-order valence-corrected chi connectivity index (χ2v) is 5.13. The lowest BCUT2D eigenvalue weighted by molar-refractivity contribution is -0.145. The Morgan fingerprint density at radius 1 is 0.708 bits per heavy atom. The van der Waals surface area contributed by atoms with E-state index in [1.807, 2.05) is 36.4 Å². The molecule has 0 amide bonds. The Morgan fingerprint density at radius 2 is 1.21 bits per heavy atom. The average molecular weight is 320 g/mol. The van der Waals surface area contributed by atoms with Crippen LogP contribution in [0.1, 0.15) is 11.7 Å². The minimum Gasteiger partial charge on any atom is -0.478 e. The van der Waals surface area contributed by atoms with Crippen molar-refractivity contribution >= 4 is 5.97 Å². The van der Waals surface area contributed by atoms with Gasteiger partial charge >= 0.3 is 5.97 Å². The van der Waals surface area contributed by atoms with Crippen molar-refractivity contribution in [3.8, 4) is 17.2 Å². The maximum Gasteiger partial charge on any atom is 0.349 e. The molecule has 0 aliphatic heterocycles. The van der Waals surface area contributed by atoms with Gasteiger partial charge in [0.25, 0.3) is 0 Å². The molecule has 24 heavy (non-hydrogen) atoms. The highest BCUT2D eigenvalue weighted by Gasteiger charge is 2.21. The van der Waals surface area contributed by atoms with Crippen molar-refractivity contribution < 1.29 is 19.4 Å². The Kier molecular flexibility index (Phi) is 4.77. The van der Waals surface area contributed by atoms with Crippen LogP contribution in [0.25, 0.3) is 0 Å². The predicted molar refractivity (Wildman–Crippen MR) is 90.4 cm³/mol. The summed E-state index contributed by atoms with van der Waals surface area (Å²) in [7, 11) is 0. The SMILES string of the molecule is O=C(O)C(Oc1ccccc1)c1ccc(Oc2ccccc2)cc1. The molecule has 0 aliphatic carbocycles. The Bertz CT molecular complexity index is 783. The second-order valence-electron chi connectivity index (χ2n) is 5.13. The quantitative estimate of drug-likeness (QED) is 0.716. The first kappa shape index (κ1) is 15.6. The first-order valence-corrected chi connectivity index (χ1v) is 7.50. The van der Waals surface area contributed by atoms with Crippen LogP contribution in [-0.2, 0) is 4.79 Å². The summed E-state index contributed by atoms with van der Waals surface area (Å²) in [6, 6.07) is 25.1. The summed E-state index contributed by atoms with van der Waals surface area (Å²) in [6.07, 6.45) is -1.07. The zero-order chi connectivity index (χ0) is 16.8. The van der Waals surface area contributed by atoms with E-state index in [2.05, 4.69) is 0 Å². The first-order chi connectivity index (χ1) is 11.7. The zero-order valence-electron chi connectivity index (χ0n) is 12.8. The number of carbonyl (C=O) groups is 1. The molecule has 4 nitrogen and oxygen atoms in total. The summed E-state index contributed by atoms with van der Waals surface area (Å²) in [5, 5.41) is 9.44. The maximum atomic E-state index is 11.5. The van der Waals surface area contributed by atoms with Gasteiger partial charge in [-0.15, -0.1) is 0 Å². The third-order valence-corrected chi connectivity index (χ3v) is 3.38. The van der Waals surface area contributed by atoms with Crippen LogP contribution in [0.15, 0.2) is 84.9 Å². The maximum absolute atomic E-state index is 11.5. The zero-order valence-corrected chi connectivity index (χ0v) is 12.8. The third kappa shape index (κ3) is 3.93.